The van der Waals surface area contributed by atoms with Crippen molar-refractivity contribution in [2.75, 3.05) is 0 Å². The normalized spacial score (nSPS) is 12.4. The van der Waals surface area contributed by atoms with E-state index in [9.17, 15) is 23.2 Å². The van der Waals surface area contributed by atoms with Crippen LogP contribution in [0.1, 0.15) is 27.7 Å². The van der Waals surface area contributed by atoms with E-state index < -0.39 is 23.4 Å². The van der Waals surface area contributed by atoms with Crippen molar-refractivity contribution in [1.82, 2.24) is 20.2 Å². The van der Waals surface area contributed by atoms with Crippen molar-refractivity contribution in [1.29, 1.82) is 5.26 Å². The van der Waals surface area contributed by atoms with Gasteiger partial charge in [-0.15, -0.1) is 5.10 Å². The van der Waals surface area contributed by atoms with Gasteiger partial charge in [-0.05, 0) is 46.8 Å². The van der Waals surface area contributed by atoms with E-state index in [1.54, 1.807) is 24.3 Å². The van der Waals surface area contributed by atoms with Gasteiger partial charge in [0.15, 0.2) is 17.5 Å². The zero-order valence-electron chi connectivity index (χ0n) is 13.4. The van der Waals surface area contributed by atoms with Gasteiger partial charge < -0.3 is 0 Å². The Bertz CT molecular complexity index is 1010. The number of Topliss-reactive ketones (excluding diaryl/α,β-unsaturated/α-hetero) is 1. The van der Waals surface area contributed by atoms with Crippen LogP contribution in [0.5, 0.6) is 0 Å². The third kappa shape index (κ3) is 3.80. The smallest absolute Gasteiger partial charge is 0.292 e. The molecule has 0 aliphatic heterocycles. The van der Waals surface area contributed by atoms with Crippen LogP contribution in [0.2, 0.25) is 5.02 Å². The van der Waals surface area contributed by atoms with E-state index >= 15 is 0 Å². The van der Waals surface area contributed by atoms with Crippen molar-refractivity contribution < 1.29 is 18.0 Å². The number of alkyl halides is 3. The molecule has 0 radical (unpaired) electrons. The monoisotopic (exact) mass is 391 g/mol. The molecular formula is C17H9ClF3N5O. The van der Waals surface area contributed by atoms with Crippen molar-refractivity contribution in [2.45, 2.75) is 12.1 Å². The fourth-order valence-electron chi connectivity index (χ4n) is 2.36. The van der Waals surface area contributed by atoms with Gasteiger partial charge in [0, 0.05) is 10.6 Å². The Kier molecular flexibility index (Phi) is 4.92. The van der Waals surface area contributed by atoms with E-state index in [0.717, 1.165) is 24.3 Å². The minimum Gasteiger partial charge on any atom is -0.292 e. The van der Waals surface area contributed by atoms with Gasteiger partial charge in [0.1, 0.15) is 0 Å². The number of ketones is 1. The summed E-state index contributed by atoms with van der Waals surface area (Å²) in [5.74, 6) is -2.16. The number of benzene rings is 2. The third-order valence-corrected chi connectivity index (χ3v) is 3.96. The van der Waals surface area contributed by atoms with Gasteiger partial charge >= 0.3 is 6.18 Å². The first-order valence-corrected chi connectivity index (χ1v) is 7.84. The molecule has 0 aliphatic rings. The predicted molar refractivity (Wildman–Crippen MR) is 88.3 cm³/mol. The highest BCUT2D eigenvalue weighted by molar-refractivity contribution is 6.30. The van der Waals surface area contributed by atoms with Crippen LogP contribution in [-0.4, -0.2) is 26.0 Å². The summed E-state index contributed by atoms with van der Waals surface area (Å²) in [6.07, 6.45) is -4.52. The molecule has 0 bridgehead atoms. The molecule has 27 heavy (non-hydrogen) atoms. The van der Waals surface area contributed by atoms with E-state index in [1.165, 1.54) is 4.68 Å². The first kappa shape index (κ1) is 18.5. The van der Waals surface area contributed by atoms with Crippen LogP contribution in [-0.2, 0) is 6.18 Å². The molecule has 0 N–H and O–H groups in total. The molecule has 10 heteroatoms. The number of halogens is 4. The molecule has 0 spiro atoms. The summed E-state index contributed by atoms with van der Waals surface area (Å²) >= 11 is 5.83. The Morgan fingerprint density at radius 2 is 1.74 bits per heavy atom. The first-order chi connectivity index (χ1) is 12.8. The van der Waals surface area contributed by atoms with E-state index in [2.05, 4.69) is 15.5 Å². The molecule has 136 valence electrons. The average Bonchev–Trinajstić information content (AvgIpc) is 3.11. The number of hydrogen-bond donors (Lipinski definition) is 0. The summed E-state index contributed by atoms with van der Waals surface area (Å²) in [6.45, 7) is 0. The summed E-state index contributed by atoms with van der Waals surface area (Å²) in [4.78, 5) is 12.6. The second kappa shape index (κ2) is 7.17. The van der Waals surface area contributed by atoms with Crippen molar-refractivity contribution in [3.8, 4) is 11.8 Å². The number of aromatic nitrogens is 4. The maximum absolute atomic E-state index is 12.7. The quantitative estimate of drug-likeness (QED) is 0.631. The largest absolute Gasteiger partial charge is 0.416 e. The lowest BCUT2D eigenvalue weighted by atomic mass is 9.97. The van der Waals surface area contributed by atoms with Gasteiger partial charge in [0.25, 0.3) is 0 Å². The van der Waals surface area contributed by atoms with E-state index in [-0.39, 0.29) is 11.4 Å². The number of nitrogens with zero attached hydrogens (tertiary/aromatic N) is 5. The van der Waals surface area contributed by atoms with Gasteiger partial charge in [0.05, 0.1) is 17.3 Å². The molecule has 0 unspecified atom stereocenters. The molecule has 0 aliphatic carbocycles. The highest BCUT2D eigenvalue weighted by Gasteiger charge is 2.32. The molecule has 1 heterocycles. The topological polar surface area (TPSA) is 84.5 Å². The number of rotatable bonds is 4. The van der Waals surface area contributed by atoms with Gasteiger partial charge in [-0.2, -0.15) is 23.1 Å². The highest BCUT2D eigenvalue weighted by Crippen LogP contribution is 2.30. The maximum atomic E-state index is 12.7. The lowest BCUT2D eigenvalue weighted by Gasteiger charge is -2.10. The van der Waals surface area contributed by atoms with Gasteiger partial charge in [-0.1, -0.05) is 23.7 Å². The molecule has 1 atom stereocenters. The number of hydrogen-bond acceptors (Lipinski definition) is 5. The zero-order chi connectivity index (χ0) is 19.6. The molecule has 2 aromatic carbocycles. The van der Waals surface area contributed by atoms with Crippen LogP contribution in [0.3, 0.4) is 0 Å². The molecule has 0 saturated heterocycles. The van der Waals surface area contributed by atoms with Crippen LogP contribution < -0.4 is 0 Å². The summed E-state index contributed by atoms with van der Waals surface area (Å²) in [5, 5.41) is 20.9. The van der Waals surface area contributed by atoms with Crippen molar-refractivity contribution in [2.24, 2.45) is 0 Å². The van der Waals surface area contributed by atoms with E-state index in [4.69, 9.17) is 11.6 Å². The molecule has 0 fully saturated rings. The summed E-state index contributed by atoms with van der Waals surface area (Å²) < 4.78 is 39.2. The molecule has 6 nitrogen and oxygen atoms in total. The first-order valence-electron chi connectivity index (χ1n) is 7.46. The Labute approximate surface area is 155 Å². The van der Waals surface area contributed by atoms with Crippen LogP contribution in [0.15, 0.2) is 48.5 Å². The Morgan fingerprint density at radius 3 is 2.30 bits per heavy atom. The number of nitriles is 1. The molecule has 0 saturated carbocycles. The Balaban J connectivity index is 1.94. The summed E-state index contributed by atoms with van der Waals surface area (Å²) in [6, 6.07) is 11.8. The second-order valence-corrected chi connectivity index (χ2v) is 5.86. The number of carbonyl (C=O) groups excluding carboxylic acids is 1. The second-order valence-electron chi connectivity index (χ2n) is 5.43. The van der Waals surface area contributed by atoms with E-state index in [0.29, 0.717) is 10.7 Å². The highest BCUT2D eigenvalue weighted by atomic mass is 35.5. The lowest BCUT2D eigenvalue weighted by Crippen LogP contribution is -2.17. The number of tetrazole rings is 1. The van der Waals surface area contributed by atoms with E-state index in [1.807, 2.05) is 6.07 Å². The minimum absolute atomic E-state index is 0.0512. The van der Waals surface area contributed by atoms with Crippen molar-refractivity contribution in [3.05, 3.63) is 70.5 Å². The van der Waals surface area contributed by atoms with Crippen LogP contribution in [0.25, 0.3) is 5.69 Å². The summed E-state index contributed by atoms with van der Waals surface area (Å²) in [5.41, 5.74) is -0.473. The molecule has 1 aromatic heterocycles. The van der Waals surface area contributed by atoms with Crippen molar-refractivity contribution >= 4 is 17.4 Å². The molecule has 3 rings (SSSR count). The number of carbonyl (C=O) groups is 1. The molecule has 0 amide bonds. The van der Waals surface area contributed by atoms with Gasteiger partial charge in [-0.25, -0.2) is 0 Å². The lowest BCUT2D eigenvalue weighted by molar-refractivity contribution is -0.137. The third-order valence-electron chi connectivity index (χ3n) is 3.71. The van der Waals surface area contributed by atoms with Crippen LogP contribution >= 0.6 is 11.6 Å². The Morgan fingerprint density at radius 1 is 1.11 bits per heavy atom. The standard InChI is InChI=1S/C17H9ClF3N5O/c18-12-5-7-13(8-6-12)26-16(23-24-25-26)14(9-22)15(27)10-1-3-11(4-2-10)17(19,20)21/h1-8,14H/t14-/m1/s1. The Hall–Kier alpha value is -3.25. The molecule has 3 aromatic rings. The maximum Gasteiger partial charge on any atom is 0.416 e. The fraction of sp³-hybridized carbons (Fsp3) is 0.118. The molecular weight excluding hydrogens is 383 g/mol. The van der Waals surface area contributed by atoms with Crippen LogP contribution in [0.4, 0.5) is 13.2 Å². The SMILES string of the molecule is N#C[C@H](C(=O)c1ccc(C(F)(F)F)cc1)c1nnnn1-c1ccc(Cl)cc1. The predicted octanol–water partition coefficient (Wildman–Crippen LogP) is 3.82. The zero-order valence-corrected chi connectivity index (χ0v) is 14.1. The van der Waals surface area contributed by atoms with Crippen molar-refractivity contribution in [3.63, 3.8) is 0 Å². The van der Waals surface area contributed by atoms with Crippen LogP contribution in [0, 0.1) is 11.3 Å². The van der Waals surface area contributed by atoms with Gasteiger partial charge in [0.2, 0.25) is 0 Å². The summed E-state index contributed by atoms with van der Waals surface area (Å²) in [7, 11) is 0. The minimum atomic E-state index is -4.52. The fourth-order valence-corrected chi connectivity index (χ4v) is 2.49. The van der Waals surface area contributed by atoms with Gasteiger partial charge in [-0.3, -0.25) is 4.79 Å². The average molecular weight is 392 g/mol.